The van der Waals surface area contributed by atoms with Crippen LogP contribution in [0.3, 0.4) is 0 Å². The van der Waals surface area contributed by atoms with Gasteiger partial charge in [0.25, 0.3) is 0 Å². The van der Waals surface area contributed by atoms with E-state index >= 15 is 0 Å². The van der Waals surface area contributed by atoms with Crippen LogP contribution in [-0.2, 0) is 0 Å². The summed E-state index contributed by atoms with van der Waals surface area (Å²) in [6.45, 7) is 3.93. The molecule has 0 aliphatic heterocycles. The summed E-state index contributed by atoms with van der Waals surface area (Å²) in [5, 5.41) is 0. The highest BCUT2D eigenvalue weighted by Crippen LogP contribution is 2.49. The van der Waals surface area contributed by atoms with Crippen molar-refractivity contribution in [2.75, 3.05) is 0 Å². The van der Waals surface area contributed by atoms with Crippen LogP contribution < -0.4 is 0 Å². The first kappa shape index (κ1) is 6.69. The molecule has 0 aromatic carbocycles. The fraction of sp³-hybridized carbons (Fsp3) is 0.900. The van der Waals surface area contributed by atoms with Crippen molar-refractivity contribution in [1.82, 2.24) is 0 Å². The van der Waals surface area contributed by atoms with Crippen molar-refractivity contribution < 1.29 is 0 Å². The molecule has 2 fully saturated rings. The first-order valence-corrected chi connectivity index (χ1v) is 4.69. The lowest BCUT2D eigenvalue weighted by Crippen LogP contribution is -2.09. The smallest absolute Gasteiger partial charge is 0.0383 e. The van der Waals surface area contributed by atoms with Crippen LogP contribution in [-0.4, -0.2) is 0 Å². The van der Waals surface area contributed by atoms with Gasteiger partial charge in [0.2, 0.25) is 0 Å². The van der Waals surface area contributed by atoms with E-state index in [0.717, 1.165) is 24.2 Å². The fourth-order valence-electron chi connectivity index (χ4n) is 2.99. The average Bonchev–Trinajstić information content (AvgIpc) is 2.48. The number of fused-ring (bicyclic) bond motifs is 2. The summed E-state index contributed by atoms with van der Waals surface area (Å²) >= 11 is 0. The van der Waals surface area contributed by atoms with Crippen molar-refractivity contribution in [3.63, 3.8) is 0 Å². The zero-order chi connectivity index (χ0) is 6.97. The Morgan fingerprint density at radius 2 is 2.10 bits per heavy atom. The van der Waals surface area contributed by atoms with Crippen LogP contribution in [0.1, 0.15) is 38.5 Å². The quantitative estimate of drug-likeness (QED) is 0.548. The normalized spacial score (nSPS) is 44.7. The van der Waals surface area contributed by atoms with Crippen LogP contribution in [0.5, 0.6) is 0 Å². The first-order valence-electron chi connectivity index (χ1n) is 4.69. The molecule has 0 heterocycles. The average molecular weight is 137 g/mol. The molecule has 57 valence electrons. The molecule has 0 amide bonds. The Morgan fingerprint density at radius 1 is 1.20 bits per heavy atom. The van der Waals surface area contributed by atoms with Gasteiger partial charge in [0.1, 0.15) is 0 Å². The minimum Gasteiger partial charge on any atom is -0.0533 e. The lowest BCUT2D eigenvalue weighted by molar-refractivity contribution is 0.316. The summed E-state index contributed by atoms with van der Waals surface area (Å²) in [6, 6.07) is 0. The van der Waals surface area contributed by atoms with Crippen LogP contribution in [0.25, 0.3) is 0 Å². The molecule has 0 nitrogen and oxygen atoms in total. The third-order valence-electron chi connectivity index (χ3n) is 3.46. The van der Waals surface area contributed by atoms with Crippen molar-refractivity contribution in [3.8, 4) is 0 Å². The molecule has 2 aliphatic rings. The van der Waals surface area contributed by atoms with Gasteiger partial charge in [0.05, 0.1) is 0 Å². The lowest BCUT2D eigenvalue weighted by Gasteiger charge is -2.20. The largest absolute Gasteiger partial charge is 0.0533 e. The molecule has 10 heavy (non-hydrogen) atoms. The number of hydrogen-bond acceptors (Lipinski definition) is 0. The SMILES string of the molecule is [CH2]CCC1CC2CCC1C2. The predicted octanol–water partition coefficient (Wildman–Crippen LogP) is 3.04. The second kappa shape index (κ2) is 2.56. The maximum absolute atomic E-state index is 3.93. The van der Waals surface area contributed by atoms with E-state index in [0.29, 0.717) is 0 Å². The Morgan fingerprint density at radius 3 is 2.60 bits per heavy atom. The van der Waals surface area contributed by atoms with Crippen LogP contribution in [0.2, 0.25) is 0 Å². The summed E-state index contributed by atoms with van der Waals surface area (Å²) in [5.41, 5.74) is 0. The molecule has 2 rings (SSSR count). The van der Waals surface area contributed by atoms with Gasteiger partial charge in [-0.05, 0) is 37.0 Å². The molecule has 3 unspecified atom stereocenters. The molecular weight excluding hydrogens is 120 g/mol. The minimum atomic E-state index is 1.08. The van der Waals surface area contributed by atoms with E-state index in [1.807, 2.05) is 0 Å². The van der Waals surface area contributed by atoms with Crippen molar-refractivity contribution >= 4 is 0 Å². The molecule has 2 bridgehead atoms. The van der Waals surface area contributed by atoms with E-state index in [4.69, 9.17) is 0 Å². The molecule has 0 heteroatoms. The summed E-state index contributed by atoms with van der Waals surface area (Å²) < 4.78 is 0. The third kappa shape index (κ3) is 0.980. The Kier molecular flexibility index (Phi) is 1.71. The molecule has 0 aromatic rings. The molecule has 0 saturated heterocycles. The van der Waals surface area contributed by atoms with Crippen molar-refractivity contribution in [3.05, 3.63) is 6.92 Å². The topological polar surface area (TPSA) is 0 Å². The molecule has 0 N–H and O–H groups in total. The highest BCUT2D eigenvalue weighted by molar-refractivity contribution is 4.89. The zero-order valence-electron chi connectivity index (χ0n) is 6.68. The minimum absolute atomic E-state index is 1.08. The maximum atomic E-state index is 3.93. The Bertz CT molecular complexity index is 117. The molecule has 3 atom stereocenters. The monoisotopic (exact) mass is 137 g/mol. The highest BCUT2D eigenvalue weighted by atomic mass is 14.4. The predicted molar refractivity (Wildman–Crippen MR) is 43.5 cm³/mol. The molecular formula is C10H17. The summed E-state index contributed by atoms with van der Waals surface area (Å²) in [7, 11) is 0. The Labute approximate surface area is 64.0 Å². The fourth-order valence-corrected chi connectivity index (χ4v) is 2.99. The van der Waals surface area contributed by atoms with E-state index in [9.17, 15) is 0 Å². The van der Waals surface area contributed by atoms with E-state index in [2.05, 4.69) is 6.92 Å². The van der Waals surface area contributed by atoms with Gasteiger partial charge in [-0.25, -0.2) is 0 Å². The van der Waals surface area contributed by atoms with Gasteiger partial charge >= 0.3 is 0 Å². The zero-order valence-corrected chi connectivity index (χ0v) is 6.68. The van der Waals surface area contributed by atoms with Gasteiger partial charge in [-0.15, -0.1) is 0 Å². The summed E-state index contributed by atoms with van der Waals surface area (Å²) in [6.07, 6.45) is 8.74. The number of rotatable bonds is 2. The van der Waals surface area contributed by atoms with Crippen molar-refractivity contribution in [1.29, 1.82) is 0 Å². The third-order valence-corrected chi connectivity index (χ3v) is 3.46. The molecule has 1 radical (unpaired) electrons. The maximum Gasteiger partial charge on any atom is -0.0383 e. The highest BCUT2D eigenvalue weighted by Gasteiger charge is 2.38. The Hall–Kier alpha value is 0. The van der Waals surface area contributed by atoms with Crippen molar-refractivity contribution in [2.45, 2.75) is 38.5 Å². The van der Waals surface area contributed by atoms with Crippen LogP contribution in [0.4, 0.5) is 0 Å². The van der Waals surface area contributed by atoms with Crippen molar-refractivity contribution in [2.24, 2.45) is 17.8 Å². The molecule has 0 spiro atoms. The summed E-state index contributed by atoms with van der Waals surface area (Å²) in [4.78, 5) is 0. The van der Waals surface area contributed by atoms with Gasteiger partial charge in [-0.2, -0.15) is 0 Å². The first-order chi connectivity index (χ1) is 4.90. The van der Waals surface area contributed by atoms with E-state index in [1.165, 1.54) is 19.3 Å². The van der Waals surface area contributed by atoms with Gasteiger partial charge < -0.3 is 0 Å². The molecule has 0 aromatic heterocycles. The lowest BCUT2D eigenvalue weighted by atomic mass is 9.86. The van der Waals surface area contributed by atoms with Gasteiger partial charge in [-0.3, -0.25) is 0 Å². The van der Waals surface area contributed by atoms with E-state index in [-0.39, 0.29) is 0 Å². The standard InChI is InChI=1S/C10H17/c1-2-3-9-6-8-4-5-10(9)7-8/h8-10H,1-7H2. The Balaban J connectivity index is 1.90. The van der Waals surface area contributed by atoms with E-state index in [1.54, 1.807) is 12.8 Å². The van der Waals surface area contributed by atoms with Crippen LogP contribution >= 0.6 is 0 Å². The van der Waals surface area contributed by atoms with Gasteiger partial charge in [-0.1, -0.05) is 26.2 Å². The van der Waals surface area contributed by atoms with Crippen LogP contribution in [0, 0.1) is 24.7 Å². The van der Waals surface area contributed by atoms with Crippen LogP contribution in [0.15, 0.2) is 0 Å². The van der Waals surface area contributed by atoms with E-state index < -0.39 is 0 Å². The second-order valence-electron chi connectivity index (χ2n) is 4.08. The van der Waals surface area contributed by atoms with Gasteiger partial charge in [0.15, 0.2) is 0 Å². The molecule has 2 saturated carbocycles. The number of hydrogen-bond donors (Lipinski definition) is 0. The second-order valence-corrected chi connectivity index (χ2v) is 4.08. The molecule has 2 aliphatic carbocycles. The summed E-state index contributed by atoms with van der Waals surface area (Å²) in [5.74, 6) is 3.32. The van der Waals surface area contributed by atoms with Gasteiger partial charge in [0, 0.05) is 0 Å².